The monoisotopic (exact) mass is 280 g/mol. The molecule has 1 aromatic heterocycles. The highest BCUT2D eigenvalue weighted by molar-refractivity contribution is 5.79. The Balaban J connectivity index is 2.37. The highest BCUT2D eigenvalue weighted by Gasteiger charge is 2.17. The summed E-state index contributed by atoms with van der Waals surface area (Å²) < 4.78 is 0. The molecule has 0 aliphatic rings. The molecule has 0 saturated heterocycles. The first-order valence-electron chi connectivity index (χ1n) is 6.44. The second-order valence-corrected chi connectivity index (χ2v) is 4.46. The van der Waals surface area contributed by atoms with Crippen LogP contribution < -0.4 is 10.9 Å². The molecule has 20 heavy (non-hydrogen) atoms. The van der Waals surface area contributed by atoms with Gasteiger partial charge in [0, 0.05) is 12.7 Å². The first-order chi connectivity index (χ1) is 9.52. The number of likely N-dealkylation sites (N-methyl/N-ethyl adjacent to an activating group) is 1. The zero-order valence-corrected chi connectivity index (χ0v) is 11.7. The van der Waals surface area contributed by atoms with Crippen LogP contribution in [-0.4, -0.2) is 46.5 Å². The maximum atomic E-state index is 11.7. The summed E-state index contributed by atoms with van der Waals surface area (Å²) in [7, 11) is 0. The van der Waals surface area contributed by atoms with Crippen LogP contribution >= 0.6 is 0 Å². The van der Waals surface area contributed by atoms with Gasteiger partial charge in [0.2, 0.25) is 0 Å². The number of nitrogens with zero attached hydrogens (tertiary/aromatic N) is 2. The summed E-state index contributed by atoms with van der Waals surface area (Å²) in [5.74, 6) is -1.07. The van der Waals surface area contributed by atoms with Crippen molar-refractivity contribution in [2.24, 2.45) is 5.92 Å². The molecule has 0 aliphatic carbocycles. The van der Waals surface area contributed by atoms with Gasteiger partial charge in [-0.25, -0.2) is 4.98 Å². The Morgan fingerprint density at radius 1 is 1.45 bits per heavy atom. The number of aliphatic carboxylic acids is 1. The van der Waals surface area contributed by atoms with Gasteiger partial charge in [0.1, 0.15) is 5.82 Å². The van der Waals surface area contributed by atoms with Crippen molar-refractivity contribution in [2.75, 3.05) is 25.1 Å². The van der Waals surface area contributed by atoms with E-state index in [-0.39, 0.29) is 12.5 Å². The van der Waals surface area contributed by atoms with E-state index >= 15 is 0 Å². The number of hydrogen-bond acceptors (Lipinski definition) is 5. The second-order valence-electron chi connectivity index (χ2n) is 4.46. The SMILES string of the molecule is CCN(CC(=O)NNc1ccccn1)CC(C)C(=O)O. The average Bonchev–Trinajstić information content (AvgIpc) is 2.45. The topological polar surface area (TPSA) is 94.6 Å². The molecular formula is C13H20N4O3. The van der Waals surface area contributed by atoms with Gasteiger partial charge < -0.3 is 5.11 Å². The summed E-state index contributed by atoms with van der Waals surface area (Å²) in [6.45, 7) is 4.58. The number of carbonyl (C=O) groups excluding carboxylic acids is 1. The lowest BCUT2D eigenvalue weighted by Gasteiger charge is -2.21. The quantitative estimate of drug-likeness (QED) is 0.603. The number of rotatable bonds is 8. The molecule has 0 bridgehead atoms. The van der Waals surface area contributed by atoms with Crippen molar-refractivity contribution < 1.29 is 14.7 Å². The number of nitrogens with one attached hydrogen (secondary N) is 2. The fourth-order valence-corrected chi connectivity index (χ4v) is 1.58. The van der Waals surface area contributed by atoms with E-state index in [0.29, 0.717) is 18.9 Å². The van der Waals surface area contributed by atoms with Gasteiger partial charge in [0.15, 0.2) is 0 Å². The molecular weight excluding hydrogens is 260 g/mol. The molecule has 1 unspecified atom stereocenters. The number of pyridine rings is 1. The van der Waals surface area contributed by atoms with Crippen LogP contribution in [0.5, 0.6) is 0 Å². The standard InChI is InChI=1S/C13H20N4O3/c1-3-17(8-10(2)13(19)20)9-12(18)16-15-11-6-4-5-7-14-11/h4-7,10H,3,8-9H2,1-2H3,(H,14,15)(H,16,18)(H,19,20). The summed E-state index contributed by atoms with van der Waals surface area (Å²) in [5, 5.41) is 8.86. The lowest BCUT2D eigenvalue weighted by Crippen LogP contribution is -2.42. The molecule has 1 rings (SSSR count). The smallest absolute Gasteiger partial charge is 0.307 e. The highest BCUT2D eigenvalue weighted by Crippen LogP contribution is 2.00. The molecule has 3 N–H and O–H groups in total. The summed E-state index contributed by atoms with van der Waals surface area (Å²) in [6, 6.07) is 5.30. The van der Waals surface area contributed by atoms with Gasteiger partial charge in [-0.15, -0.1) is 0 Å². The third-order valence-corrected chi connectivity index (χ3v) is 2.76. The minimum atomic E-state index is -0.865. The van der Waals surface area contributed by atoms with E-state index in [1.807, 2.05) is 6.92 Å². The van der Waals surface area contributed by atoms with Crippen molar-refractivity contribution in [1.82, 2.24) is 15.3 Å². The molecule has 1 amide bonds. The third-order valence-electron chi connectivity index (χ3n) is 2.76. The first-order valence-corrected chi connectivity index (χ1v) is 6.44. The van der Waals surface area contributed by atoms with E-state index in [9.17, 15) is 9.59 Å². The molecule has 110 valence electrons. The Morgan fingerprint density at radius 3 is 2.75 bits per heavy atom. The summed E-state index contributed by atoms with van der Waals surface area (Å²) in [5.41, 5.74) is 5.22. The molecule has 0 aromatic carbocycles. The van der Waals surface area contributed by atoms with Crippen molar-refractivity contribution >= 4 is 17.7 Å². The number of hydrogen-bond donors (Lipinski definition) is 3. The van der Waals surface area contributed by atoms with Crippen LogP contribution in [0.4, 0.5) is 5.82 Å². The van der Waals surface area contributed by atoms with E-state index in [2.05, 4.69) is 15.8 Å². The van der Waals surface area contributed by atoms with Crippen LogP contribution in [0.15, 0.2) is 24.4 Å². The number of anilines is 1. The lowest BCUT2D eigenvalue weighted by atomic mass is 10.1. The zero-order chi connectivity index (χ0) is 15.0. The summed E-state index contributed by atoms with van der Waals surface area (Å²) >= 11 is 0. The van der Waals surface area contributed by atoms with Crippen molar-refractivity contribution in [3.8, 4) is 0 Å². The van der Waals surface area contributed by atoms with Crippen molar-refractivity contribution in [3.05, 3.63) is 24.4 Å². The molecule has 1 heterocycles. The van der Waals surface area contributed by atoms with Gasteiger partial charge in [0.25, 0.3) is 5.91 Å². The number of carbonyl (C=O) groups is 2. The molecule has 0 fully saturated rings. The first kappa shape index (κ1) is 15.9. The number of carboxylic acids is 1. The average molecular weight is 280 g/mol. The van der Waals surface area contributed by atoms with Crippen LogP contribution in [0.2, 0.25) is 0 Å². The van der Waals surface area contributed by atoms with E-state index in [0.717, 1.165) is 0 Å². The largest absolute Gasteiger partial charge is 0.481 e. The van der Waals surface area contributed by atoms with Crippen LogP contribution in [0.1, 0.15) is 13.8 Å². The predicted octanol–water partition coefficient (Wildman–Crippen LogP) is 0.567. The normalized spacial score (nSPS) is 11.9. The van der Waals surface area contributed by atoms with Gasteiger partial charge in [0.05, 0.1) is 12.5 Å². The summed E-state index contributed by atoms with van der Waals surface area (Å²) in [4.78, 5) is 28.3. The van der Waals surface area contributed by atoms with Gasteiger partial charge in [-0.3, -0.25) is 25.3 Å². The van der Waals surface area contributed by atoms with Crippen molar-refractivity contribution in [2.45, 2.75) is 13.8 Å². The summed E-state index contributed by atoms with van der Waals surface area (Å²) in [6.07, 6.45) is 1.61. The Morgan fingerprint density at radius 2 is 2.20 bits per heavy atom. The fourth-order valence-electron chi connectivity index (χ4n) is 1.58. The van der Waals surface area contributed by atoms with E-state index in [4.69, 9.17) is 5.11 Å². The molecule has 0 saturated carbocycles. The van der Waals surface area contributed by atoms with Crippen LogP contribution in [0, 0.1) is 5.92 Å². The predicted molar refractivity (Wildman–Crippen MR) is 74.9 cm³/mol. The Kier molecular flexibility index (Phi) is 6.45. The van der Waals surface area contributed by atoms with Crippen molar-refractivity contribution in [3.63, 3.8) is 0 Å². The van der Waals surface area contributed by atoms with Crippen LogP contribution in [0.3, 0.4) is 0 Å². The van der Waals surface area contributed by atoms with Gasteiger partial charge >= 0.3 is 5.97 Å². The Bertz CT molecular complexity index is 439. The molecule has 1 atom stereocenters. The van der Waals surface area contributed by atoms with Crippen LogP contribution in [0.25, 0.3) is 0 Å². The minimum absolute atomic E-state index is 0.133. The maximum Gasteiger partial charge on any atom is 0.307 e. The number of hydrazine groups is 1. The Labute approximate surface area is 118 Å². The fraction of sp³-hybridized carbons (Fsp3) is 0.462. The molecule has 7 nitrogen and oxygen atoms in total. The van der Waals surface area contributed by atoms with E-state index in [1.165, 1.54) is 0 Å². The number of aromatic nitrogens is 1. The highest BCUT2D eigenvalue weighted by atomic mass is 16.4. The minimum Gasteiger partial charge on any atom is -0.481 e. The molecule has 0 spiro atoms. The maximum absolute atomic E-state index is 11.7. The van der Waals surface area contributed by atoms with Gasteiger partial charge in [-0.1, -0.05) is 19.9 Å². The molecule has 1 aromatic rings. The molecule has 7 heteroatoms. The van der Waals surface area contributed by atoms with Gasteiger partial charge in [-0.2, -0.15) is 0 Å². The lowest BCUT2D eigenvalue weighted by molar-refractivity contribution is -0.142. The number of amides is 1. The third kappa shape index (κ3) is 5.66. The van der Waals surface area contributed by atoms with Gasteiger partial charge in [-0.05, 0) is 18.7 Å². The van der Waals surface area contributed by atoms with Crippen LogP contribution in [-0.2, 0) is 9.59 Å². The van der Waals surface area contributed by atoms with E-state index < -0.39 is 11.9 Å². The Hall–Kier alpha value is -2.15. The van der Waals surface area contributed by atoms with E-state index in [1.54, 1.807) is 36.2 Å². The molecule has 0 aliphatic heterocycles. The second kappa shape index (κ2) is 8.11. The molecule has 0 radical (unpaired) electrons. The van der Waals surface area contributed by atoms with Crippen molar-refractivity contribution in [1.29, 1.82) is 0 Å². The number of carboxylic acid groups (broad SMARTS) is 1. The zero-order valence-electron chi connectivity index (χ0n) is 11.7.